The van der Waals surface area contributed by atoms with Crippen LogP contribution in [0.4, 0.5) is 10.2 Å². The van der Waals surface area contributed by atoms with Crippen LogP contribution in [0.1, 0.15) is 20.8 Å². The smallest absolute Gasteiger partial charge is 0.261 e. The van der Waals surface area contributed by atoms with E-state index in [1.54, 1.807) is 41.9 Å². The van der Waals surface area contributed by atoms with Crippen LogP contribution in [0.5, 0.6) is 11.5 Å². The number of halogens is 1. The van der Waals surface area contributed by atoms with Crippen LogP contribution in [0, 0.1) is 23.1 Å². The van der Waals surface area contributed by atoms with E-state index >= 15 is 4.39 Å². The highest BCUT2D eigenvalue weighted by Gasteiger charge is 2.22. The summed E-state index contributed by atoms with van der Waals surface area (Å²) in [5.74, 6) is 0.0861. The Bertz CT molecular complexity index is 1510. The molecule has 2 aromatic heterocycles. The molecule has 188 valence electrons. The Hall–Kier alpha value is -4.78. The molecule has 3 N–H and O–H groups in total. The van der Waals surface area contributed by atoms with Gasteiger partial charge in [-0.05, 0) is 37.1 Å². The lowest BCUT2D eigenvalue weighted by Crippen LogP contribution is -2.36. The van der Waals surface area contributed by atoms with Crippen LogP contribution in [-0.4, -0.2) is 31.7 Å². The number of nitrogens with one attached hydrogen (secondary N) is 1. The number of hydrogen-bond acceptors (Lipinski definition) is 7. The summed E-state index contributed by atoms with van der Waals surface area (Å²) in [6.45, 7) is 5.75. The molecular formula is C27H26FN7O2. The van der Waals surface area contributed by atoms with Gasteiger partial charge in [0.05, 0.1) is 11.9 Å². The molecule has 37 heavy (non-hydrogen) atoms. The number of nitrogen functional groups attached to an aromatic ring is 1. The maximum atomic E-state index is 15.3. The van der Waals surface area contributed by atoms with E-state index in [0.29, 0.717) is 22.5 Å². The summed E-state index contributed by atoms with van der Waals surface area (Å²) in [4.78, 5) is 20.9. The standard InChI is InChI=1S/C27H26FN7O2/c1-16(2)11-18(13-29)27(36)33-17(3)14-35-26-23(25(30)31-15-32-26)24(34-35)21-10-9-20(12-22(21)28)37-19-7-5-4-6-8-19/h4-12,15-17H,14H2,1-3H3,(H,33,36)(H2,30,31,32)/b18-11+/t17-/m1/s1. The molecule has 0 saturated heterocycles. The zero-order valence-corrected chi connectivity index (χ0v) is 20.6. The third kappa shape index (κ3) is 5.73. The SMILES string of the molecule is CC(C)/C=C(\C#N)C(=O)N[C@H](C)Cn1nc(-c2ccc(Oc3ccccc3)cc2F)c2c(N)ncnc21. The number of carbonyl (C=O) groups excluding carboxylic acids is 1. The van der Waals surface area contributed by atoms with E-state index in [4.69, 9.17) is 10.5 Å². The molecule has 0 unspecified atom stereocenters. The van der Waals surface area contributed by atoms with Crippen LogP contribution in [0.3, 0.4) is 0 Å². The molecule has 1 atom stereocenters. The average Bonchev–Trinajstić information content (AvgIpc) is 3.22. The number of nitrogens with two attached hydrogens (primary N) is 1. The first-order valence-electron chi connectivity index (χ1n) is 11.7. The number of anilines is 1. The van der Waals surface area contributed by atoms with Crippen molar-refractivity contribution in [3.63, 3.8) is 0 Å². The zero-order chi connectivity index (χ0) is 26.5. The van der Waals surface area contributed by atoms with Crippen molar-refractivity contribution in [2.75, 3.05) is 5.73 Å². The predicted octanol–water partition coefficient (Wildman–Crippen LogP) is 4.62. The molecule has 2 heterocycles. The number of allylic oxidation sites excluding steroid dienone is 1. The van der Waals surface area contributed by atoms with E-state index in [9.17, 15) is 10.1 Å². The average molecular weight is 500 g/mol. The Morgan fingerprint density at radius 2 is 1.95 bits per heavy atom. The molecule has 9 nitrogen and oxygen atoms in total. The summed E-state index contributed by atoms with van der Waals surface area (Å²) in [6.07, 6.45) is 2.90. The van der Waals surface area contributed by atoms with Crippen LogP contribution >= 0.6 is 0 Å². The number of benzene rings is 2. The summed E-state index contributed by atoms with van der Waals surface area (Å²) in [6, 6.07) is 15.1. The molecule has 10 heteroatoms. The molecule has 0 saturated carbocycles. The van der Waals surface area contributed by atoms with Crippen molar-refractivity contribution in [2.24, 2.45) is 5.92 Å². The van der Waals surface area contributed by atoms with Gasteiger partial charge in [0.1, 0.15) is 46.8 Å². The first-order chi connectivity index (χ1) is 17.8. The zero-order valence-electron chi connectivity index (χ0n) is 20.6. The van der Waals surface area contributed by atoms with Crippen molar-refractivity contribution in [1.82, 2.24) is 25.1 Å². The molecule has 0 spiro atoms. The summed E-state index contributed by atoms with van der Waals surface area (Å²) >= 11 is 0. The van der Waals surface area contributed by atoms with Gasteiger partial charge in [0.2, 0.25) is 0 Å². The third-order valence-electron chi connectivity index (χ3n) is 5.42. The molecular weight excluding hydrogens is 473 g/mol. The molecule has 0 radical (unpaired) electrons. The maximum Gasteiger partial charge on any atom is 0.261 e. The van der Waals surface area contributed by atoms with Gasteiger partial charge in [-0.2, -0.15) is 10.4 Å². The topological polar surface area (TPSA) is 132 Å². The Labute approximate surface area is 213 Å². The number of nitrogens with zero attached hydrogens (tertiary/aromatic N) is 5. The molecule has 4 aromatic rings. The number of ether oxygens (including phenoxy) is 1. The molecule has 1 amide bonds. The fourth-order valence-electron chi connectivity index (χ4n) is 3.83. The van der Waals surface area contributed by atoms with Gasteiger partial charge in [0.15, 0.2) is 5.65 Å². The van der Waals surface area contributed by atoms with Crippen molar-refractivity contribution in [3.05, 3.63) is 72.3 Å². The number of para-hydroxylation sites is 1. The number of amides is 1. The minimum Gasteiger partial charge on any atom is -0.457 e. The minimum atomic E-state index is -0.554. The normalized spacial score (nSPS) is 12.4. The first-order valence-corrected chi connectivity index (χ1v) is 11.7. The second-order valence-corrected chi connectivity index (χ2v) is 8.86. The Morgan fingerprint density at radius 1 is 1.19 bits per heavy atom. The highest BCUT2D eigenvalue weighted by atomic mass is 19.1. The largest absolute Gasteiger partial charge is 0.457 e. The Balaban J connectivity index is 1.64. The van der Waals surface area contributed by atoms with Crippen molar-refractivity contribution in [3.8, 4) is 28.8 Å². The van der Waals surface area contributed by atoms with Crippen LogP contribution in [0.25, 0.3) is 22.3 Å². The first kappa shape index (κ1) is 25.3. The van der Waals surface area contributed by atoms with Gasteiger partial charge in [-0.1, -0.05) is 38.1 Å². The van der Waals surface area contributed by atoms with Gasteiger partial charge in [-0.25, -0.2) is 19.0 Å². The molecule has 0 aliphatic carbocycles. The van der Waals surface area contributed by atoms with Gasteiger partial charge in [-0.3, -0.25) is 4.79 Å². The van der Waals surface area contributed by atoms with Gasteiger partial charge >= 0.3 is 0 Å². The highest BCUT2D eigenvalue weighted by Crippen LogP contribution is 2.34. The quantitative estimate of drug-likeness (QED) is 0.267. The summed E-state index contributed by atoms with van der Waals surface area (Å²) < 4.78 is 22.5. The monoisotopic (exact) mass is 499 g/mol. The van der Waals surface area contributed by atoms with Gasteiger partial charge in [0, 0.05) is 17.7 Å². The van der Waals surface area contributed by atoms with E-state index in [1.807, 2.05) is 38.1 Å². The maximum absolute atomic E-state index is 15.3. The minimum absolute atomic E-state index is 0.0410. The van der Waals surface area contributed by atoms with E-state index in [2.05, 4.69) is 20.4 Å². The van der Waals surface area contributed by atoms with Crippen LogP contribution in [0.2, 0.25) is 0 Å². The van der Waals surface area contributed by atoms with Crippen LogP contribution < -0.4 is 15.8 Å². The molecule has 0 bridgehead atoms. The highest BCUT2D eigenvalue weighted by molar-refractivity contribution is 5.99. The van der Waals surface area contributed by atoms with Gasteiger partial charge in [0.25, 0.3) is 5.91 Å². The Morgan fingerprint density at radius 3 is 2.62 bits per heavy atom. The van der Waals surface area contributed by atoms with Crippen molar-refractivity contribution in [1.29, 1.82) is 5.26 Å². The fourth-order valence-corrected chi connectivity index (χ4v) is 3.83. The second-order valence-electron chi connectivity index (χ2n) is 8.86. The fraction of sp³-hybridized carbons (Fsp3) is 0.222. The summed E-state index contributed by atoms with van der Waals surface area (Å²) in [7, 11) is 0. The van der Waals surface area contributed by atoms with E-state index in [1.165, 1.54) is 12.4 Å². The third-order valence-corrected chi connectivity index (χ3v) is 5.42. The van der Waals surface area contributed by atoms with E-state index in [0.717, 1.165) is 0 Å². The Kier molecular flexibility index (Phi) is 7.44. The van der Waals surface area contributed by atoms with Crippen molar-refractivity contribution >= 4 is 22.8 Å². The molecule has 0 aliphatic heterocycles. The number of fused-ring (bicyclic) bond motifs is 1. The van der Waals surface area contributed by atoms with Crippen LogP contribution in [0.15, 0.2) is 66.5 Å². The predicted molar refractivity (Wildman–Crippen MR) is 138 cm³/mol. The van der Waals surface area contributed by atoms with Crippen molar-refractivity contribution in [2.45, 2.75) is 33.4 Å². The molecule has 0 aliphatic rings. The molecule has 2 aromatic carbocycles. The number of hydrogen-bond donors (Lipinski definition) is 2. The summed E-state index contributed by atoms with van der Waals surface area (Å²) in [5, 5.41) is 17.1. The second kappa shape index (κ2) is 10.9. The van der Waals surface area contributed by atoms with Gasteiger partial charge in [-0.15, -0.1) is 0 Å². The number of nitriles is 1. The van der Waals surface area contributed by atoms with E-state index in [-0.39, 0.29) is 35.1 Å². The lowest BCUT2D eigenvalue weighted by Gasteiger charge is -2.14. The lowest BCUT2D eigenvalue weighted by molar-refractivity contribution is -0.117. The number of rotatable bonds is 8. The molecule has 4 rings (SSSR count). The van der Waals surface area contributed by atoms with Crippen molar-refractivity contribution < 1.29 is 13.9 Å². The van der Waals surface area contributed by atoms with Gasteiger partial charge < -0.3 is 15.8 Å². The van der Waals surface area contributed by atoms with Crippen LogP contribution in [-0.2, 0) is 11.3 Å². The lowest BCUT2D eigenvalue weighted by atomic mass is 10.1. The molecule has 0 fully saturated rings. The van der Waals surface area contributed by atoms with E-state index < -0.39 is 17.8 Å². The number of aromatic nitrogens is 4. The number of carbonyl (C=O) groups is 1. The summed E-state index contributed by atoms with van der Waals surface area (Å²) in [5.41, 5.74) is 7.05.